The molecule has 0 heterocycles. The summed E-state index contributed by atoms with van der Waals surface area (Å²) in [5.41, 5.74) is 0. The van der Waals surface area contributed by atoms with E-state index in [1.807, 2.05) is 6.08 Å². The highest BCUT2D eigenvalue weighted by atomic mass is 16.5. The number of rotatable bonds is 62. The molecular formula is C66H129NO5. The first-order chi connectivity index (χ1) is 35.5. The number of esters is 1. The van der Waals surface area contributed by atoms with E-state index >= 15 is 0 Å². The molecule has 6 heteroatoms. The van der Waals surface area contributed by atoms with Crippen LogP contribution in [0.3, 0.4) is 0 Å². The number of hydrogen-bond acceptors (Lipinski definition) is 5. The molecule has 428 valence electrons. The van der Waals surface area contributed by atoms with E-state index in [1.165, 1.54) is 289 Å². The van der Waals surface area contributed by atoms with E-state index in [0.717, 1.165) is 57.8 Å². The molecule has 2 atom stereocenters. The van der Waals surface area contributed by atoms with Crippen LogP contribution in [0.15, 0.2) is 12.2 Å². The molecule has 6 nitrogen and oxygen atoms in total. The highest BCUT2D eigenvalue weighted by Gasteiger charge is 2.18. The third-order valence-corrected chi connectivity index (χ3v) is 15.6. The summed E-state index contributed by atoms with van der Waals surface area (Å²) in [4.78, 5) is 24.6. The number of aliphatic hydroxyl groups is 2. The smallest absolute Gasteiger partial charge is 0.305 e. The predicted molar refractivity (Wildman–Crippen MR) is 315 cm³/mol. The average Bonchev–Trinajstić information content (AvgIpc) is 3.38. The van der Waals surface area contributed by atoms with Gasteiger partial charge in [-0.25, -0.2) is 0 Å². The summed E-state index contributed by atoms with van der Waals surface area (Å²) in [6.45, 7) is 4.91. The Hall–Kier alpha value is -1.40. The monoisotopic (exact) mass is 1020 g/mol. The van der Waals surface area contributed by atoms with Gasteiger partial charge in [0.25, 0.3) is 0 Å². The lowest BCUT2D eigenvalue weighted by molar-refractivity contribution is -0.143. The summed E-state index contributed by atoms with van der Waals surface area (Å²) in [7, 11) is 0. The average molecular weight is 1020 g/mol. The van der Waals surface area contributed by atoms with Crippen LogP contribution < -0.4 is 5.32 Å². The molecule has 0 aromatic carbocycles. The first-order valence-electron chi connectivity index (χ1n) is 33.0. The van der Waals surface area contributed by atoms with E-state index in [4.69, 9.17) is 4.74 Å². The van der Waals surface area contributed by atoms with Crippen molar-refractivity contribution in [2.45, 2.75) is 386 Å². The van der Waals surface area contributed by atoms with Crippen molar-refractivity contribution < 1.29 is 24.5 Å². The van der Waals surface area contributed by atoms with Gasteiger partial charge in [-0.1, -0.05) is 341 Å². The molecule has 2 unspecified atom stereocenters. The number of amides is 1. The molecule has 0 aromatic heterocycles. The van der Waals surface area contributed by atoms with Crippen LogP contribution in [0.4, 0.5) is 0 Å². The fourth-order valence-electron chi connectivity index (χ4n) is 10.5. The van der Waals surface area contributed by atoms with E-state index < -0.39 is 12.1 Å². The molecule has 0 rings (SSSR count). The highest BCUT2D eigenvalue weighted by Crippen LogP contribution is 2.19. The van der Waals surface area contributed by atoms with E-state index in [2.05, 4.69) is 19.2 Å². The zero-order chi connectivity index (χ0) is 52.2. The third kappa shape index (κ3) is 57.9. The number of allylic oxidation sites excluding steroid dienone is 1. The third-order valence-electron chi connectivity index (χ3n) is 15.6. The summed E-state index contributed by atoms with van der Waals surface area (Å²) >= 11 is 0. The van der Waals surface area contributed by atoms with Gasteiger partial charge in [0.15, 0.2) is 0 Å². The molecule has 0 radical (unpaired) electrons. The van der Waals surface area contributed by atoms with E-state index in [9.17, 15) is 19.8 Å². The number of unbranched alkanes of at least 4 members (excludes halogenated alkanes) is 51. The second-order valence-corrected chi connectivity index (χ2v) is 22.8. The van der Waals surface area contributed by atoms with Crippen LogP contribution in [0.2, 0.25) is 0 Å². The first-order valence-corrected chi connectivity index (χ1v) is 33.0. The Morgan fingerprint density at radius 3 is 0.944 bits per heavy atom. The largest absolute Gasteiger partial charge is 0.466 e. The van der Waals surface area contributed by atoms with Crippen LogP contribution in [-0.4, -0.2) is 47.4 Å². The topological polar surface area (TPSA) is 95.9 Å². The maximum absolute atomic E-state index is 12.5. The van der Waals surface area contributed by atoms with Gasteiger partial charge < -0.3 is 20.3 Å². The molecule has 0 saturated carbocycles. The van der Waals surface area contributed by atoms with Gasteiger partial charge in [-0.15, -0.1) is 0 Å². The van der Waals surface area contributed by atoms with Gasteiger partial charge in [0, 0.05) is 12.8 Å². The zero-order valence-corrected chi connectivity index (χ0v) is 48.9. The molecular weight excluding hydrogens is 887 g/mol. The minimum Gasteiger partial charge on any atom is -0.466 e. The molecule has 0 spiro atoms. The quantitative estimate of drug-likeness (QED) is 0.0320. The molecule has 0 aromatic rings. The van der Waals surface area contributed by atoms with Crippen molar-refractivity contribution in [2.75, 3.05) is 13.2 Å². The van der Waals surface area contributed by atoms with Gasteiger partial charge >= 0.3 is 5.97 Å². The summed E-state index contributed by atoms with van der Waals surface area (Å²) in [5, 5.41) is 23.2. The lowest BCUT2D eigenvalue weighted by Crippen LogP contribution is -2.45. The minimum atomic E-state index is -0.855. The van der Waals surface area contributed by atoms with Crippen LogP contribution in [-0.2, 0) is 14.3 Å². The highest BCUT2D eigenvalue weighted by molar-refractivity contribution is 5.76. The lowest BCUT2D eigenvalue weighted by atomic mass is 10.0. The standard InChI is InChI=1S/C66H129NO5/c1-3-5-7-9-11-13-15-17-19-21-23-24-25-26-27-28-29-30-32-34-38-42-46-50-54-58-64(69)63(62-68)67-65(70)59-55-51-47-43-39-36-37-41-45-49-53-57-61-72-66(71)60-56-52-48-44-40-35-33-31-22-20-18-16-14-12-10-8-6-4-2/h54,58,63-64,68-69H,3-53,55-57,59-62H2,1-2H3,(H,67,70)/b58-54+. The van der Waals surface area contributed by atoms with Crippen molar-refractivity contribution in [3.05, 3.63) is 12.2 Å². The van der Waals surface area contributed by atoms with Gasteiger partial charge in [0.2, 0.25) is 5.91 Å². The molecule has 0 bridgehead atoms. The molecule has 0 fully saturated rings. The van der Waals surface area contributed by atoms with Crippen molar-refractivity contribution in [3.8, 4) is 0 Å². The SMILES string of the molecule is CCCCCCCCCCCCCCCCCCCCCCCCC/C=C/C(O)C(CO)NC(=O)CCCCCCCCCCCCCCOC(=O)CCCCCCCCCCCCCCCCCCCC. The Labute approximate surface area is 450 Å². The Balaban J connectivity index is 3.45. The maximum atomic E-state index is 12.5. The van der Waals surface area contributed by atoms with Crippen LogP contribution in [0.5, 0.6) is 0 Å². The molecule has 0 aliphatic rings. The van der Waals surface area contributed by atoms with Gasteiger partial charge in [-0.3, -0.25) is 9.59 Å². The summed E-state index contributed by atoms with van der Waals surface area (Å²) in [6, 6.07) is -0.640. The van der Waals surface area contributed by atoms with Crippen LogP contribution in [0, 0.1) is 0 Å². The summed E-state index contributed by atoms with van der Waals surface area (Å²) < 4.78 is 5.49. The molecule has 72 heavy (non-hydrogen) atoms. The van der Waals surface area contributed by atoms with Crippen LogP contribution >= 0.6 is 0 Å². The number of hydrogen-bond donors (Lipinski definition) is 3. The van der Waals surface area contributed by atoms with Gasteiger partial charge in [-0.05, 0) is 32.1 Å². The van der Waals surface area contributed by atoms with Crippen molar-refractivity contribution in [1.29, 1.82) is 0 Å². The van der Waals surface area contributed by atoms with Crippen molar-refractivity contribution in [2.24, 2.45) is 0 Å². The van der Waals surface area contributed by atoms with Crippen molar-refractivity contribution >= 4 is 11.9 Å². The van der Waals surface area contributed by atoms with Gasteiger partial charge in [0.05, 0.1) is 25.4 Å². The Morgan fingerprint density at radius 1 is 0.375 bits per heavy atom. The summed E-state index contributed by atoms with van der Waals surface area (Å²) in [6.07, 6.45) is 75.5. The normalized spacial score (nSPS) is 12.6. The molecule has 0 aliphatic heterocycles. The number of aliphatic hydroxyl groups excluding tert-OH is 2. The second kappa shape index (κ2) is 62.1. The van der Waals surface area contributed by atoms with Crippen LogP contribution in [0.1, 0.15) is 373 Å². The fourth-order valence-corrected chi connectivity index (χ4v) is 10.5. The first kappa shape index (κ1) is 70.6. The Kier molecular flexibility index (Phi) is 60.9. The number of carbonyl (C=O) groups is 2. The number of carbonyl (C=O) groups excluding carboxylic acids is 2. The van der Waals surface area contributed by atoms with Crippen LogP contribution in [0.25, 0.3) is 0 Å². The molecule has 0 saturated heterocycles. The van der Waals surface area contributed by atoms with E-state index in [-0.39, 0.29) is 18.5 Å². The Morgan fingerprint density at radius 2 is 0.639 bits per heavy atom. The maximum Gasteiger partial charge on any atom is 0.305 e. The molecule has 1 amide bonds. The fraction of sp³-hybridized carbons (Fsp3) is 0.939. The zero-order valence-electron chi connectivity index (χ0n) is 48.9. The second-order valence-electron chi connectivity index (χ2n) is 22.8. The minimum absolute atomic E-state index is 0.00496. The van der Waals surface area contributed by atoms with E-state index in [1.54, 1.807) is 6.08 Å². The predicted octanol–water partition coefficient (Wildman–Crippen LogP) is 20.8. The van der Waals surface area contributed by atoms with Crippen molar-refractivity contribution in [3.63, 3.8) is 0 Å². The van der Waals surface area contributed by atoms with E-state index in [0.29, 0.717) is 19.4 Å². The number of ether oxygens (including phenoxy) is 1. The summed E-state index contributed by atoms with van der Waals surface area (Å²) in [5.74, 6) is -0.0833. The molecule has 0 aliphatic carbocycles. The lowest BCUT2D eigenvalue weighted by Gasteiger charge is -2.20. The van der Waals surface area contributed by atoms with Gasteiger partial charge in [-0.2, -0.15) is 0 Å². The Bertz CT molecular complexity index is 1080. The van der Waals surface area contributed by atoms with Gasteiger partial charge in [0.1, 0.15) is 0 Å². The molecule has 3 N–H and O–H groups in total. The number of nitrogens with one attached hydrogen (secondary N) is 1. The van der Waals surface area contributed by atoms with Crippen molar-refractivity contribution in [1.82, 2.24) is 5.32 Å².